The highest BCUT2D eigenvalue weighted by Crippen LogP contribution is 2.39. The van der Waals surface area contributed by atoms with Crippen molar-refractivity contribution in [3.63, 3.8) is 0 Å². The van der Waals surface area contributed by atoms with Gasteiger partial charge in [-0.25, -0.2) is 0 Å². The smallest absolute Gasteiger partial charge is 0.276 e. The quantitative estimate of drug-likeness (QED) is 0.602. The third kappa shape index (κ3) is 2.97. The summed E-state index contributed by atoms with van der Waals surface area (Å²) in [7, 11) is 0. The molecule has 1 unspecified atom stereocenters. The van der Waals surface area contributed by atoms with Gasteiger partial charge in [-0.15, -0.1) is 0 Å². The van der Waals surface area contributed by atoms with Crippen LogP contribution in [0.1, 0.15) is 24.0 Å². The number of hydrogen-bond donors (Lipinski definition) is 2. The van der Waals surface area contributed by atoms with Crippen molar-refractivity contribution in [2.24, 2.45) is 17.4 Å². The first-order valence-corrected chi connectivity index (χ1v) is 6.73. The molecule has 7 nitrogen and oxygen atoms in total. The molecule has 114 valence electrons. The summed E-state index contributed by atoms with van der Waals surface area (Å²) in [6, 6.07) is 3.03. The Morgan fingerprint density at radius 3 is 2.52 bits per heavy atom. The molecule has 21 heavy (non-hydrogen) atoms. The minimum Gasteiger partial charge on any atom is -0.491 e. The third-order valence-electron chi connectivity index (χ3n) is 3.92. The van der Waals surface area contributed by atoms with E-state index in [0.29, 0.717) is 11.3 Å². The van der Waals surface area contributed by atoms with Gasteiger partial charge < -0.3 is 16.2 Å². The van der Waals surface area contributed by atoms with Crippen molar-refractivity contribution in [1.82, 2.24) is 0 Å². The number of rotatable bonds is 6. The van der Waals surface area contributed by atoms with Gasteiger partial charge in [-0.3, -0.25) is 14.9 Å². The number of primary amides is 1. The molecule has 0 aromatic heterocycles. The molecule has 0 bridgehead atoms. The van der Waals surface area contributed by atoms with Crippen LogP contribution in [-0.2, 0) is 4.79 Å². The van der Waals surface area contributed by atoms with Crippen molar-refractivity contribution in [2.75, 3.05) is 6.61 Å². The molecule has 1 aromatic carbocycles. The van der Waals surface area contributed by atoms with Crippen molar-refractivity contribution < 1.29 is 14.5 Å². The maximum Gasteiger partial charge on any atom is 0.276 e. The zero-order valence-electron chi connectivity index (χ0n) is 12.1. The first-order chi connectivity index (χ1) is 9.75. The number of nitrogens with two attached hydrogens (primary N) is 2. The van der Waals surface area contributed by atoms with E-state index in [1.54, 1.807) is 19.9 Å². The molecule has 4 N–H and O–H groups in total. The van der Waals surface area contributed by atoms with Gasteiger partial charge in [0.1, 0.15) is 17.9 Å². The van der Waals surface area contributed by atoms with Gasteiger partial charge in [0.05, 0.1) is 11.0 Å². The fraction of sp³-hybridized carbons (Fsp3) is 0.500. The lowest BCUT2D eigenvalue weighted by Crippen LogP contribution is -2.58. The van der Waals surface area contributed by atoms with Gasteiger partial charge in [0.15, 0.2) is 0 Å². The van der Waals surface area contributed by atoms with Crippen LogP contribution in [0.15, 0.2) is 12.1 Å². The highest BCUT2D eigenvalue weighted by atomic mass is 16.6. The molecule has 0 heterocycles. The molecule has 0 aliphatic heterocycles. The minimum atomic E-state index is -1.22. The first-order valence-electron chi connectivity index (χ1n) is 6.73. The van der Waals surface area contributed by atoms with Gasteiger partial charge in [-0.2, -0.15) is 0 Å². The topological polar surface area (TPSA) is 121 Å². The molecule has 1 fully saturated rings. The number of nitro benzene ring substituents is 1. The Balaban J connectivity index is 2.21. The molecule has 2 rings (SSSR count). The molecule has 0 radical (unpaired) electrons. The lowest BCUT2D eigenvalue weighted by molar-refractivity contribution is -0.385. The third-order valence-corrected chi connectivity index (χ3v) is 3.92. The lowest BCUT2D eigenvalue weighted by atomic mass is 9.95. The Kier molecular flexibility index (Phi) is 3.87. The van der Waals surface area contributed by atoms with E-state index in [9.17, 15) is 14.9 Å². The van der Waals surface area contributed by atoms with E-state index in [1.807, 2.05) is 0 Å². The first kappa shape index (κ1) is 15.2. The fourth-order valence-electron chi connectivity index (χ4n) is 2.36. The Morgan fingerprint density at radius 2 is 2.05 bits per heavy atom. The molecular weight excluding hydrogens is 274 g/mol. The normalized spacial score (nSPS) is 17.1. The second-order valence-corrected chi connectivity index (χ2v) is 5.63. The van der Waals surface area contributed by atoms with Crippen LogP contribution in [0, 0.1) is 29.9 Å². The Morgan fingerprint density at radius 1 is 1.43 bits per heavy atom. The SMILES string of the molecule is Cc1cc(C)c([N+](=O)[O-])cc1OCC(N)(C(N)=O)C1CC1. The van der Waals surface area contributed by atoms with Crippen LogP contribution in [0.3, 0.4) is 0 Å². The van der Waals surface area contributed by atoms with E-state index >= 15 is 0 Å². The average Bonchev–Trinajstić information content (AvgIpc) is 3.21. The second kappa shape index (κ2) is 5.33. The zero-order valence-corrected chi connectivity index (χ0v) is 12.1. The number of aryl methyl sites for hydroxylation is 2. The summed E-state index contributed by atoms with van der Waals surface area (Å²) in [5, 5.41) is 11.0. The van der Waals surface area contributed by atoms with Gasteiger partial charge in [-0.1, -0.05) is 0 Å². The van der Waals surface area contributed by atoms with Gasteiger partial charge >= 0.3 is 0 Å². The molecule has 1 atom stereocenters. The monoisotopic (exact) mass is 293 g/mol. The Bertz CT molecular complexity index is 598. The second-order valence-electron chi connectivity index (χ2n) is 5.63. The largest absolute Gasteiger partial charge is 0.491 e. The summed E-state index contributed by atoms with van der Waals surface area (Å²) in [4.78, 5) is 22.0. The molecule has 1 aliphatic rings. The molecular formula is C14H19N3O4. The summed E-state index contributed by atoms with van der Waals surface area (Å²) in [6.07, 6.45) is 1.69. The number of benzene rings is 1. The summed E-state index contributed by atoms with van der Waals surface area (Å²) in [6.45, 7) is 3.37. The predicted octanol–water partition coefficient (Wildman–Crippen LogP) is 1.18. The minimum absolute atomic E-state index is 0.0238. The number of hydrogen-bond acceptors (Lipinski definition) is 5. The number of carbonyl (C=O) groups is 1. The molecule has 1 aliphatic carbocycles. The number of carbonyl (C=O) groups excluding carboxylic acids is 1. The molecule has 1 aromatic rings. The molecule has 1 saturated carbocycles. The van der Waals surface area contributed by atoms with E-state index in [4.69, 9.17) is 16.2 Å². The van der Waals surface area contributed by atoms with Crippen LogP contribution in [0.5, 0.6) is 5.75 Å². The van der Waals surface area contributed by atoms with E-state index in [0.717, 1.165) is 18.4 Å². The van der Waals surface area contributed by atoms with E-state index in [-0.39, 0.29) is 18.2 Å². The number of ether oxygens (including phenoxy) is 1. The van der Waals surface area contributed by atoms with Gasteiger partial charge in [0, 0.05) is 5.56 Å². The van der Waals surface area contributed by atoms with Crippen molar-refractivity contribution in [3.8, 4) is 5.75 Å². The molecule has 7 heteroatoms. The fourth-order valence-corrected chi connectivity index (χ4v) is 2.36. The van der Waals surface area contributed by atoms with Crippen LogP contribution in [0.2, 0.25) is 0 Å². The van der Waals surface area contributed by atoms with E-state index < -0.39 is 16.4 Å². The highest BCUT2D eigenvalue weighted by molar-refractivity contribution is 5.85. The summed E-state index contributed by atoms with van der Waals surface area (Å²) >= 11 is 0. The maximum atomic E-state index is 11.5. The maximum absolute atomic E-state index is 11.5. The molecule has 0 spiro atoms. The van der Waals surface area contributed by atoms with Crippen molar-refractivity contribution in [1.29, 1.82) is 0 Å². The zero-order chi connectivity index (χ0) is 15.8. The van der Waals surface area contributed by atoms with Crippen LogP contribution >= 0.6 is 0 Å². The van der Waals surface area contributed by atoms with Gasteiger partial charge in [0.25, 0.3) is 5.69 Å². The van der Waals surface area contributed by atoms with E-state index in [2.05, 4.69) is 0 Å². The lowest BCUT2D eigenvalue weighted by Gasteiger charge is -2.26. The molecule has 1 amide bonds. The predicted molar refractivity (Wildman–Crippen MR) is 76.9 cm³/mol. The number of amides is 1. The highest BCUT2D eigenvalue weighted by Gasteiger charge is 2.47. The Hall–Kier alpha value is -2.15. The Labute approximate surface area is 122 Å². The van der Waals surface area contributed by atoms with Crippen molar-refractivity contribution >= 4 is 11.6 Å². The standard InChI is InChI=1S/C14H19N3O4/c1-8-5-9(2)12(6-11(8)17(19)20)21-7-14(16,13(15)18)10-3-4-10/h5-6,10H,3-4,7,16H2,1-2H3,(H2,15,18). The van der Waals surface area contributed by atoms with E-state index in [1.165, 1.54) is 6.07 Å². The van der Waals surface area contributed by atoms with Crippen molar-refractivity contribution in [3.05, 3.63) is 33.4 Å². The van der Waals surface area contributed by atoms with Gasteiger partial charge in [-0.05, 0) is 44.2 Å². The summed E-state index contributed by atoms with van der Waals surface area (Å²) < 4.78 is 5.58. The van der Waals surface area contributed by atoms with Crippen molar-refractivity contribution in [2.45, 2.75) is 32.2 Å². The summed E-state index contributed by atoms with van der Waals surface area (Å²) in [5.74, 6) is -0.232. The van der Waals surface area contributed by atoms with Gasteiger partial charge in [0.2, 0.25) is 5.91 Å². The number of nitrogens with zero attached hydrogens (tertiary/aromatic N) is 1. The van der Waals surface area contributed by atoms with Crippen LogP contribution < -0.4 is 16.2 Å². The number of nitro groups is 1. The average molecular weight is 293 g/mol. The summed E-state index contributed by atoms with van der Waals surface area (Å²) in [5.41, 5.74) is 11.5. The molecule has 0 saturated heterocycles. The van der Waals surface area contributed by atoms with Crippen LogP contribution in [-0.4, -0.2) is 23.0 Å². The van der Waals surface area contributed by atoms with Crippen LogP contribution in [0.25, 0.3) is 0 Å². The van der Waals surface area contributed by atoms with Crippen LogP contribution in [0.4, 0.5) is 5.69 Å².